The van der Waals surface area contributed by atoms with E-state index in [0.717, 1.165) is 43.1 Å². The number of hydrogen-bond donors (Lipinski definition) is 0. The lowest BCUT2D eigenvalue weighted by molar-refractivity contribution is -0.120. The summed E-state index contributed by atoms with van der Waals surface area (Å²) in [7, 11) is 0. The van der Waals surface area contributed by atoms with Crippen LogP contribution in [0, 0.1) is 0 Å². The zero-order valence-corrected chi connectivity index (χ0v) is 22.7. The smallest absolute Gasteiger partial charge is 0.294 e. The number of piperazine rings is 1. The fourth-order valence-electron chi connectivity index (χ4n) is 6.01. The highest BCUT2D eigenvalue weighted by molar-refractivity contribution is 6.06. The van der Waals surface area contributed by atoms with Gasteiger partial charge in [-0.05, 0) is 61.4 Å². The molecular formula is C33H34N4O3. The van der Waals surface area contributed by atoms with E-state index in [1.807, 2.05) is 72.5 Å². The number of furan rings is 1. The molecule has 204 valence electrons. The number of benzene rings is 3. The van der Waals surface area contributed by atoms with Gasteiger partial charge < -0.3 is 19.1 Å². The third-order valence-electron chi connectivity index (χ3n) is 7.98. The number of fused-ring (bicyclic) bond motifs is 1. The minimum Gasteiger partial charge on any atom is -0.459 e. The van der Waals surface area contributed by atoms with Gasteiger partial charge in [-0.2, -0.15) is 0 Å². The Balaban J connectivity index is 1.26. The van der Waals surface area contributed by atoms with Crippen molar-refractivity contribution >= 4 is 28.9 Å². The van der Waals surface area contributed by atoms with Crippen LogP contribution in [0.3, 0.4) is 0 Å². The topological polar surface area (TPSA) is 60.2 Å². The second kappa shape index (κ2) is 11.4. The zero-order chi connectivity index (χ0) is 27.5. The third-order valence-corrected chi connectivity index (χ3v) is 7.98. The Hall–Kier alpha value is -4.36. The molecule has 0 spiro atoms. The highest BCUT2D eigenvalue weighted by atomic mass is 16.3. The first-order valence-corrected chi connectivity index (χ1v) is 14.0. The molecular weight excluding hydrogens is 500 g/mol. The van der Waals surface area contributed by atoms with Gasteiger partial charge in [0.05, 0.1) is 18.8 Å². The molecule has 0 aliphatic carbocycles. The first kappa shape index (κ1) is 25.9. The Labute approximate surface area is 235 Å². The molecule has 0 radical (unpaired) electrons. The quantitative estimate of drug-likeness (QED) is 0.322. The lowest BCUT2D eigenvalue weighted by atomic mass is 9.89. The molecule has 7 nitrogen and oxygen atoms in total. The van der Waals surface area contributed by atoms with E-state index in [-0.39, 0.29) is 23.9 Å². The molecule has 3 aromatic carbocycles. The van der Waals surface area contributed by atoms with E-state index < -0.39 is 0 Å². The first-order valence-electron chi connectivity index (χ1n) is 14.0. The molecule has 6 rings (SSSR count). The maximum atomic E-state index is 14.2. The Morgan fingerprint density at radius 3 is 2.20 bits per heavy atom. The highest BCUT2D eigenvalue weighted by Gasteiger charge is 2.39. The van der Waals surface area contributed by atoms with Gasteiger partial charge in [0.1, 0.15) is 0 Å². The minimum atomic E-state index is -0.202. The molecule has 4 aromatic rings. The van der Waals surface area contributed by atoms with Crippen LogP contribution in [0.25, 0.3) is 0 Å². The molecule has 2 aliphatic heterocycles. The van der Waals surface area contributed by atoms with E-state index in [4.69, 9.17) is 4.42 Å². The van der Waals surface area contributed by atoms with Crippen LogP contribution in [0.4, 0.5) is 17.1 Å². The average molecular weight is 535 g/mol. The predicted molar refractivity (Wildman–Crippen MR) is 158 cm³/mol. The van der Waals surface area contributed by atoms with Gasteiger partial charge >= 0.3 is 0 Å². The molecule has 0 saturated carbocycles. The van der Waals surface area contributed by atoms with Crippen molar-refractivity contribution in [2.45, 2.75) is 25.4 Å². The summed E-state index contributed by atoms with van der Waals surface area (Å²) in [5, 5.41) is 0. The van der Waals surface area contributed by atoms with Crippen molar-refractivity contribution in [2.75, 3.05) is 47.4 Å². The normalized spacial score (nSPS) is 19.2. The van der Waals surface area contributed by atoms with Crippen LogP contribution < -0.4 is 14.7 Å². The van der Waals surface area contributed by atoms with Crippen molar-refractivity contribution in [1.82, 2.24) is 4.90 Å². The molecule has 1 fully saturated rings. The maximum Gasteiger partial charge on any atom is 0.294 e. The van der Waals surface area contributed by atoms with Crippen LogP contribution in [-0.4, -0.2) is 55.5 Å². The van der Waals surface area contributed by atoms with Crippen LogP contribution in [-0.2, 0) is 4.79 Å². The number of carbonyl (C=O) groups is 2. The number of amides is 2. The number of anilines is 3. The van der Waals surface area contributed by atoms with E-state index in [0.29, 0.717) is 18.7 Å². The Bertz CT molecular complexity index is 1430. The molecule has 2 atom stereocenters. The van der Waals surface area contributed by atoms with Gasteiger partial charge in [0.2, 0.25) is 5.91 Å². The molecule has 0 unspecified atom stereocenters. The van der Waals surface area contributed by atoms with Crippen molar-refractivity contribution in [2.24, 2.45) is 0 Å². The van der Waals surface area contributed by atoms with Crippen molar-refractivity contribution in [3.8, 4) is 0 Å². The van der Waals surface area contributed by atoms with Crippen molar-refractivity contribution in [3.63, 3.8) is 0 Å². The van der Waals surface area contributed by atoms with Gasteiger partial charge in [-0.15, -0.1) is 0 Å². The SMILES string of the molecule is C[C@H]1C[C@@H](N(C(=O)CN2CCN(c3ccccc3)CC2)c2ccccc2)c2ccccc2N1C(=O)c1ccco1. The van der Waals surface area contributed by atoms with Crippen molar-refractivity contribution < 1.29 is 14.0 Å². The van der Waals surface area contributed by atoms with Crippen LogP contribution in [0.5, 0.6) is 0 Å². The molecule has 7 heteroatoms. The number of rotatable bonds is 6. The summed E-state index contributed by atoms with van der Waals surface area (Å²) in [6.07, 6.45) is 2.14. The molecule has 40 heavy (non-hydrogen) atoms. The van der Waals surface area contributed by atoms with E-state index in [9.17, 15) is 9.59 Å². The predicted octanol–water partition coefficient (Wildman–Crippen LogP) is 5.62. The summed E-state index contributed by atoms with van der Waals surface area (Å²) in [6.45, 7) is 5.81. The van der Waals surface area contributed by atoms with Gasteiger partial charge in [-0.3, -0.25) is 14.5 Å². The van der Waals surface area contributed by atoms with E-state index in [1.54, 1.807) is 17.0 Å². The molecule has 2 amide bonds. The Kier molecular flexibility index (Phi) is 7.38. The highest BCUT2D eigenvalue weighted by Crippen LogP contribution is 2.42. The van der Waals surface area contributed by atoms with Crippen LogP contribution in [0.2, 0.25) is 0 Å². The summed E-state index contributed by atoms with van der Waals surface area (Å²) in [4.78, 5) is 36.0. The summed E-state index contributed by atoms with van der Waals surface area (Å²) in [6, 6.07) is 31.4. The summed E-state index contributed by atoms with van der Waals surface area (Å²) >= 11 is 0. The molecule has 2 aliphatic rings. The molecule has 0 N–H and O–H groups in total. The van der Waals surface area contributed by atoms with Gasteiger partial charge in [0.15, 0.2) is 5.76 Å². The maximum absolute atomic E-state index is 14.2. The van der Waals surface area contributed by atoms with Crippen LogP contribution in [0.1, 0.15) is 35.5 Å². The van der Waals surface area contributed by atoms with Gasteiger partial charge in [0.25, 0.3) is 5.91 Å². The summed E-state index contributed by atoms with van der Waals surface area (Å²) in [5.74, 6) is 0.209. The second-order valence-electron chi connectivity index (χ2n) is 10.5. The Morgan fingerprint density at radius 1 is 0.825 bits per heavy atom. The number of nitrogens with zero attached hydrogens (tertiary/aromatic N) is 4. The van der Waals surface area contributed by atoms with E-state index in [2.05, 4.69) is 34.1 Å². The number of hydrogen-bond acceptors (Lipinski definition) is 5. The standard InChI is InChI=1S/C33H34N4O3/c1-25-23-30(28-15-8-9-16-29(28)36(25)33(39)31-17-10-22-40-31)37(27-13-6-3-7-14-27)32(38)24-34-18-20-35(21-19-34)26-11-4-2-5-12-26/h2-17,22,25,30H,18-21,23-24H2,1H3/t25-,30+/m0/s1. The van der Waals surface area contributed by atoms with Gasteiger partial charge in [-0.25, -0.2) is 0 Å². The fourth-order valence-corrected chi connectivity index (χ4v) is 6.01. The number of para-hydroxylation sites is 3. The second-order valence-corrected chi connectivity index (χ2v) is 10.5. The van der Waals surface area contributed by atoms with Crippen LogP contribution in [0.15, 0.2) is 108 Å². The molecule has 0 bridgehead atoms. The molecule has 3 heterocycles. The van der Waals surface area contributed by atoms with Crippen LogP contribution >= 0.6 is 0 Å². The monoisotopic (exact) mass is 534 g/mol. The molecule has 1 aromatic heterocycles. The lowest BCUT2D eigenvalue weighted by Gasteiger charge is -2.44. The largest absolute Gasteiger partial charge is 0.459 e. The summed E-state index contributed by atoms with van der Waals surface area (Å²) in [5.41, 5.74) is 3.87. The average Bonchev–Trinajstić information content (AvgIpc) is 3.54. The van der Waals surface area contributed by atoms with Gasteiger partial charge in [0, 0.05) is 49.3 Å². The fraction of sp³-hybridized carbons (Fsp3) is 0.273. The zero-order valence-electron chi connectivity index (χ0n) is 22.7. The first-order chi connectivity index (χ1) is 19.6. The van der Waals surface area contributed by atoms with E-state index in [1.165, 1.54) is 12.0 Å². The third kappa shape index (κ3) is 5.12. The number of carbonyl (C=O) groups excluding carboxylic acids is 2. The van der Waals surface area contributed by atoms with E-state index >= 15 is 0 Å². The Morgan fingerprint density at radius 2 is 1.50 bits per heavy atom. The van der Waals surface area contributed by atoms with Gasteiger partial charge in [-0.1, -0.05) is 54.6 Å². The minimum absolute atomic E-state index is 0.0668. The van der Waals surface area contributed by atoms with Crippen molar-refractivity contribution in [1.29, 1.82) is 0 Å². The molecule has 1 saturated heterocycles. The lowest BCUT2D eigenvalue weighted by Crippen LogP contribution is -2.52. The summed E-state index contributed by atoms with van der Waals surface area (Å²) < 4.78 is 5.45. The van der Waals surface area contributed by atoms with Crippen molar-refractivity contribution in [3.05, 3.63) is 115 Å².